The number of rotatable bonds is 6. The first-order valence-electron chi connectivity index (χ1n) is 13.3. The third-order valence-corrected chi connectivity index (χ3v) is 8.14. The van der Waals surface area contributed by atoms with Gasteiger partial charge in [-0.2, -0.15) is 13.2 Å². The first kappa shape index (κ1) is 24.9. The van der Waals surface area contributed by atoms with E-state index in [0.29, 0.717) is 23.7 Å². The Morgan fingerprint density at radius 3 is 2.50 bits per heavy atom. The zero-order valence-electron chi connectivity index (χ0n) is 21.4. The Balaban J connectivity index is 1.43. The zero-order valence-corrected chi connectivity index (χ0v) is 21.4. The van der Waals surface area contributed by atoms with Crippen molar-refractivity contribution in [3.8, 4) is 5.69 Å². The van der Waals surface area contributed by atoms with Crippen LogP contribution in [0.25, 0.3) is 11.2 Å². The van der Waals surface area contributed by atoms with Gasteiger partial charge in [-0.25, -0.2) is 4.79 Å². The van der Waals surface area contributed by atoms with Crippen molar-refractivity contribution >= 4 is 5.52 Å². The van der Waals surface area contributed by atoms with E-state index in [2.05, 4.69) is 15.1 Å². The second kappa shape index (κ2) is 9.72. The molecular weight excluding hydrogens is 493 g/mol. The van der Waals surface area contributed by atoms with Gasteiger partial charge in [-0.1, -0.05) is 25.0 Å². The molecule has 0 unspecified atom stereocenters. The molecule has 1 aliphatic heterocycles. The number of halogens is 3. The molecule has 10 heteroatoms. The second-order valence-electron chi connectivity index (χ2n) is 10.7. The van der Waals surface area contributed by atoms with Gasteiger partial charge < -0.3 is 4.57 Å². The Hall–Kier alpha value is -3.40. The fourth-order valence-corrected chi connectivity index (χ4v) is 5.97. The molecule has 1 aliphatic carbocycles. The van der Waals surface area contributed by atoms with Crippen LogP contribution in [0, 0.1) is 5.92 Å². The third kappa shape index (κ3) is 4.55. The maximum absolute atomic E-state index is 14.2. The molecule has 4 aromatic rings. The molecule has 7 nitrogen and oxygen atoms in total. The van der Waals surface area contributed by atoms with E-state index in [-0.39, 0.29) is 11.4 Å². The van der Waals surface area contributed by atoms with E-state index < -0.39 is 17.4 Å². The number of aryl methyl sites for hydroxylation is 1. The van der Waals surface area contributed by atoms with Gasteiger partial charge in [-0.05, 0) is 74.0 Å². The Morgan fingerprint density at radius 2 is 1.84 bits per heavy atom. The molecule has 2 fully saturated rings. The summed E-state index contributed by atoms with van der Waals surface area (Å²) in [6, 6.07) is 8.72. The smallest absolute Gasteiger partial charge is 0.320 e. The van der Waals surface area contributed by atoms with E-state index in [1.807, 2.05) is 29.8 Å². The molecular formula is C28H31F3N6O. The highest BCUT2D eigenvalue weighted by molar-refractivity contribution is 5.58. The maximum Gasteiger partial charge on any atom is 0.418 e. The van der Waals surface area contributed by atoms with Crippen LogP contribution in [0.15, 0.2) is 53.8 Å². The quantitative estimate of drug-likeness (QED) is 0.350. The minimum atomic E-state index is -4.58. The standard InChI is InChI=1S/C28H31F3N6O/c1-34-18-32-33-26(34)25(20-7-5-8-20)21-9-6-10-22(14-21)36-17-24-23(28(29,30)31)13-19(16-37(24)27(36)38)15-35-11-3-2-4-12-35/h6,9-10,13-14,16-18,20,25H,2-5,7-8,11-12,15H2,1H3/t25-/m1/s1. The first-order valence-corrected chi connectivity index (χ1v) is 13.3. The molecule has 6 rings (SSSR count). The van der Waals surface area contributed by atoms with Crippen molar-refractivity contribution in [2.24, 2.45) is 13.0 Å². The van der Waals surface area contributed by atoms with Crippen LogP contribution in [0.2, 0.25) is 0 Å². The average molecular weight is 525 g/mol. The average Bonchev–Trinajstić information content (AvgIpc) is 3.44. The van der Waals surface area contributed by atoms with Crippen molar-refractivity contribution in [1.29, 1.82) is 0 Å². The van der Waals surface area contributed by atoms with Gasteiger partial charge in [-0.3, -0.25) is 13.9 Å². The lowest BCUT2D eigenvalue weighted by molar-refractivity contribution is -0.136. The fourth-order valence-electron chi connectivity index (χ4n) is 5.97. The summed E-state index contributed by atoms with van der Waals surface area (Å²) >= 11 is 0. The largest absolute Gasteiger partial charge is 0.418 e. The lowest BCUT2D eigenvalue weighted by atomic mass is 9.72. The van der Waals surface area contributed by atoms with Gasteiger partial charge in [0.2, 0.25) is 0 Å². The molecule has 1 saturated carbocycles. The van der Waals surface area contributed by atoms with E-state index in [9.17, 15) is 18.0 Å². The van der Waals surface area contributed by atoms with E-state index in [1.165, 1.54) is 16.8 Å². The van der Waals surface area contributed by atoms with Gasteiger partial charge in [0.15, 0.2) is 0 Å². The number of likely N-dealkylation sites (tertiary alicyclic amines) is 1. The minimum absolute atomic E-state index is 0.00538. The summed E-state index contributed by atoms with van der Waals surface area (Å²) in [5.41, 5.74) is 0.569. The first-order chi connectivity index (χ1) is 18.3. The number of pyridine rings is 1. The molecule has 1 saturated heterocycles. The molecule has 0 bridgehead atoms. The molecule has 1 atom stereocenters. The number of hydrogen-bond donors (Lipinski definition) is 0. The highest BCUT2D eigenvalue weighted by Gasteiger charge is 2.35. The molecule has 0 spiro atoms. The van der Waals surface area contributed by atoms with Gasteiger partial charge in [-0.15, -0.1) is 10.2 Å². The number of fused-ring (bicyclic) bond motifs is 1. The third-order valence-electron chi connectivity index (χ3n) is 8.14. The Morgan fingerprint density at radius 1 is 1.05 bits per heavy atom. The molecule has 200 valence electrons. The van der Waals surface area contributed by atoms with Gasteiger partial charge in [0, 0.05) is 31.9 Å². The van der Waals surface area contributed by atoms with E-state index in [0.717, 1.165) is 67.4 Å². The second-order valence-corrected chi connectivity index (χ2v) is 10.7. The topological polar surface area (TPSA) is 60.4 Å². The van der Waals surface area contributed by atoms with Crippen LogP contribution >= 0.6 is 0 Å². The van der Waals surface area contributed by atoms with E-state index >= 15 is 0 Å². The van der Waals surface area contributed by atoms with Crippen LogP contribution in [0.4, 0.5) is 13.2 Å². The summed E-state index contributed by atoms with van der Waals surface area (Å²) in [5.74, 6) is 1.26. The number of benzene rings is 1. The number of alkyl halides is 3. The van der Waals surface area contributed by atoms with Gasteiger partial charge in [0.05, 0.1) is 16.8 Å². The molecule has 4 heterocycles. The number of hydrogen-bond acceptors (Lipinski definition) is 4. The number of piperidine rings is 1. The van der Waals surface area contributed by atoms with Crippen molar-refractivity contribution in [2.45, 2.75) is 57.2 Å². The van der Waals surface area contributed by atoms with Gasteiger partial charge in [0.1, 0.15) is 12.2 Å². The van der Waals surface area contributed by atoms with Gasteiger partial charge >= 0.3 is 11.9 Å². The predicted octanol–water partition coefficient (Wildman–Crippen LogP) is 5.16. The van der Waals surface area contributed by atoms with Crippen molar-refractivity contribution in [3.63, 3.8) is 0 Å². The highest BCUT2D eigenvalue weighted by atomic mass is 19.4. The van der Waals surface area contributed by atoms with E-state index in [1.54, 1.807) is 18.6 Å². The summed E-state index contributed by atoms with van der Waals surface area (Å²) < 4.78 is 46.9. The molecule has 3 aromatic heterocycles. The zero-order chi connectivity index (χ0) is 26.4. The molecule has 0 N–H and O–H groups in total. The molecule has 0 amide bonds. The van der Waals surface area contributed by atoms with Crippen LogP contribution in [0.3, 0.4) is 0 Å². The molecule has 2 aliphatic rings. The van der Waals surface area contributed by atoms with Crippen molar-refractivity contribution in [3.05, 3.63) is 82.1 Å². The lowest BCUT2D eigenvalue weighted by Gasteiger charge is -2.33. The Bertz CT molecular complexity index is 1510. The Kier molecular flexibility index (Phi) is 6.37. The van der Waals surface area contributed by atoms with Crippen LogP contribution in [0.5, 0.6) is 0 Å². The minimum Gasteiger partial charge on any atom is -0.320 e. The molecule has 1 aromatic carbocycles. The van der Waals surface area contributed by atoms with Crippen molar-refractivity contribution < 1.29 is 13.2 Å². The fraction of sp³-hybridized carbons (Fsp3) is 0.464. The van der Waals surface area contributed by atoms with Crippen LogP contribution in [-0.4, -0.2) is 41.7 Å². The van der Waals surface area contributed by atoms with Crippen LogP contribution in [-0.2, 0) is 19.8 Å². The SMILES string of the molecule is Cn1cnnc1[C@@H](c1cccc(-n2cc3c(C(F)(F)F)cc(CN4CCCCC4)cn3c2=O)c1)C1CCC1. The van der Waals surface area contributed by atoms with Crippen molar-refractivity contribution in [2.75, 3.05) is 13.1 Å². The number of nitrogens with zero attached hydrogens (tertiary/aromatic N) is 6. The molecule has 0 radical (unpaired) electrons. The monoisotopic (exact) mass is 524 g/mol. The normalized spacial score (nSPS) is 18.1. The van der Waals surface area contributed by atoms with E-state index in [4.69, 9.17) is 0 Å². The van der Waals surface area contributed by atoms with Crippen molar-refractivity contribution in [1.82, 2.24) is 28.6 Å². The van der Waals surface area contributed by atoms with Crippen LogP contribution < -0.4 is 5.69 Å². The number of aromatic nitrogens is 5. The summed E-state index contributed by atoms with van der Waals surface area (Å²) in [6.45, 7) is 2.11. The highest BCUT2D eigenvalue weighted by Crippen LogP contribution is 2.43. The summed E-state index contributed by atoms with van der Waals surface area (Å²) in [4.78, 5) is 15.7. The molecule has 38 heavy (non-hydrogen) atoms. The maximum atomic E-state index is 14.2. The summed E-state index contributed by atoms with van der Waals surface area (Å²) in [6.07, 6.45) is 6.51. The Labute approximate surface area is 218 Å². The summed E-state index contributed by atoms with van der Waals surface area (Å²) in [5, 5.41) is 8.42. The van der Waals surface area contributed by atoms with Crippen LogP contribution in [0.1, 0.15) is 67.0 Å². The van der Waals surface area contributed by atoms with Gasteiger partial charge in [0.25, 0.3) is 0 Å². The number of imidazole rings is 1. The summed E-state index contributed by atoms with van der Waals surface area (Å²) in [7, 11) is 1.91. The lowest BCUT2D eigenvalue weighted by Crippen LogP contribution is -2.29. The predicted molar refractivity (Wildman–Crippen MR) is 137 cm³/mol.